The van der Waals surface area contributed by atoms with Gasteiger partial charge in [-0.1, -0.05) is 0 Å². The largest absolute Gasteiger partial charge is 0.369 e. The molecule has 61 valence electrons. The molecule has 4 nitrogen and oxygen atoms in total. The number of hydrogen-bond donors (Lipinski definition) is 1. The molecule has 1 aliphatic rings. The molecule has 1 rings (SSSR count). The number of nitrogens with zero attached hydrogens (tertiary/aromatic N) is 1. The summed E-state index contributed by atoms with van der Waals surface area (Å²) < 4.78 is 0. The number of carbonyl (C=O) groups excluding carboxylic acids is 2. The Morgan fingerprint density at radius 3 is 2.36 bits per heavy atom. The highest BCUT2D eigenvalue weighted by Crippen LogP contribution is 2.14. The third-order valence-corrected chi connectivity index (χ3v) is 2.03. The number of nitrogens with two attached hydrogens (primary N) is 1. The van der Waals surface area contributed by atoms with Crippen LogP contribution >= 0.6 is 0 Å². The van der Waals surface area contributed by atoms with Gasteiger partial charge in [-0.15, -0.1) is 0 Å². The Morgan fingerprint density at radius 2 is 2.00 bits per heavy atom. The highest BCUT2D eigenvalue weighted by molar-refractivity contribution is 5.76. The predicted octanol–water partition coefficient (Wildman–Crippen LogP) is -0.749. The van der Waals surface area contributed by atoms with Crippen molar-refractivity contribution in [2.24, 2.45) is 11.7 Å². The summed E-state index contributed by atoms with van der Waals surface area (Å²) in [5.41, 5.74) is 5.10. The Labute approximate surface area is 65.3 Å². The summed E-state index contributed by atoms with van der Waals surface area (Å²) in [5.74, 6) is -0.296. The Kier molecular flexibility index (Phi) is 2.46. The molecule has 0 unspecified atom stereocenters. The quantitative estimate of drug-likeness (QED) is 0.570. The van der Waals surface area contributed by atoms with Crippen LogP contribution in [-0.2, 0) is 9.59 Å². The minimum atomic E-state index is -0.254. The maximum absolute atomic E-state index is 10.7. The average Bonchev–Trinajstić information content (AvgIpc) is 2.05. The van der Waals surface area contributed by atoms with E-state index in [-0.39, 0.29) is 11.8 Å². The van der Waals surface area contributed by atoms with Crippen molar-refractivity contribution >= 4 is 12.3 Å². The summed E-state index contributed by atoms with van der Waals surface area (Å²) in [4.78, 5) is 22.3. The van der Waals surface area contributed by atoms with Crippen LogP contribution in [0.1, 0.15) is 12.8 Å². The maximum atomic E-state index is 10.7. The first-order chi connectivity index (χ1) is 5.24. The molecule has 2 amide bonds. The molecule has 0 spiro atoms. The van der Waals surface area contributed by atoms with Crippen molar-refractivity contribution in [1.29, 1.82) is 0 Å². The number of hydrogen-bond acceptors (Lipinski definition) is 2. The van der Waals surface area contributed by atoms with Crippen molar-refractivity contribution in [3.8, 4) is 0 Å². The standard InChI is InChI=1S/C7H11N2O2/c8-7(11)6-1-3-9(5-10)4-2-6/h6H,1-4H2,(H2,8,11). The number of rotatable bonds is 2. The summed E-state index contributed by atoms with van der Waals surface area (Å²) in [7, 11) is 0. The lowest BCUT2D eigenvalue weighted by atomic mass is 9.97. The van der Waals surface area contributed by atoms with Gasteiger partial charge in [-0.3, -0.25) is 9.59 Å². The highest BCUT2D eigenvalue weighted by atomic mass is 16.1. The minimum absolute atomic E-state index is 0.0420. The molecule has 2 N–H and O–H groups in total. The van der Waals surface area contributed by atoms with Crippen LogP contribution in [-0.4, -0.2) is 30.3 Å². The number of primary amides is 1. The SMILES string of the molecule is NC(=O)C1CCN([C]=O)CC1. The number of piperidine rings is 1. The van der Waals surface area contributed by atoms with Crippen molar-refractivity contribution < 1.29 is 9.59 Å². The van der Waals surface area contributed by atoms with E-state index in [1.807, 2.05) is 0 Å². The smallest absolute Gasteiger partial charge is 0.312 e. The van der Waals surface area contributed by atoms with E-state index in [0.717, 1.165) is 0 Å². The molecule has 1 fully saturated rings. The first-order valence-electron chi connectivity index (χ1n) is 3.66. The summed E-state index contributed by atoms with van der Waals surface area (Å²) in [5, 5.41) is 0. The van der Waals surface area contributed by atoms with Crippen LogP contribution in [0.2, 0.25) is 0 Å². The zero-order valence-corrected chi connectivity index (χ0v) is 6.25. The van der Waals surface area contributed by atoms with Crippen LogP contribution in [0.3, 0.4) is 0 Å². The summed E-state index contributed by atoms with van der Waals surface area (Å²) in [6, 6.07) is 0. The normalized spacial score (nSPS) is 19.8. The second kappa shape index (κ2) is 3.37. The molecule has 1 saturated heterocycles. The maximum Gasteiger partial charge on any atom is 0.312 e. The van der Waals surface area contributed by atoms with E-state index in [9.17, 15) is 9.59 Å². The van der Waals surface area contributed by atoms with Crippen LogP contribution in [0.4, 0.5) is 0 Å². The molecule has 1 aliphatic heterocycles. The van der Waals surface area contributed by atoms with Crippen LogP contribution < -0.4 is 5.73 Å². The van der Waals surface area contributed by atoms with Gasteiger partial charge in [0, 0.05) is 19.0 Å². The van der Waals surface area contributed by atoms with E-state index in [0.29, 0.717) is 25.9 Å². The molecule has 1 radical (unpaired) electrons. The van der Waals surface area contributed by atoms with Gasteiger partial charge < -0.3 is 10.6 Å². The molecule has 0 saturated carbocycles. The van der Waals surface area contributed by atoms with E-state index in [1.165, 1.54) is 0 Å². The summed E-state index contributed by atoms with van der Waals surface area (Å²) in [6.07, 6.45) is 3.16. The van der Waals surface area contributed by atoms with Crippen molar-refractivity contribution in [2.75, 3.05) is 13.1 Å². The Bertz CT molecular complexity index is 162. The van der Waals surface area contributed by atoms with Gasteiger partial charge in [0.25, 0.3) is 0 Å². The van der Waals surface area contributed by atoms with E-state index < -0.39 is 0 Å². The van der Waals surface area contributed by atoms with Gasteiger partial charge in [-0.2, -0.15) is 0 Å². The molecule has 0 aliphatic carbocycles. The second-order valence-electron chi connectivity index (χ2n) is 2.75. The van der Waals surface area contributed by atoms with Crippen molar-refractivity contribution in [2.45, 2.75) is 12.8 Å². The van der Waals surface area contributed by atoms with Crippen molar-refractivity contribution in [3.63, 3.8) is 0 Å². The van der Waals surface area contributed by atoms with Gasteiger partial charge in [0.05, 0.1) is 0 Å². The van der Waals surface area contributed by atoms with E-state index >= 15 is 0 Å². The molecule has 0 aromatic heterocycles. The van der Waals surface area contributed by atoms with Crippen LogP contribution in [0.25, 0.3) is 0 Å². The van der Waals surface area contributed by atoms with E-state index in [2.05, 4.69) is 0 Å². The molecule has 0 aromatic carbocycles. The Balaban J connectivity index is 2.35. The van der Waals surface area contributed by atoms with Gasteiger partial charge in [-0.05, 0) is 12.8 Å². The summed E-state index contributed by atoms with van der Waals surface area (Å²) in [6.45, 7) is 1.22. The lowest BCUT2D eigenvalue weighted by molar-refractivity contribution is -0.122. The van der Waals surface area contributed by atoms with Crippen LogP contribution in [0.5, 0.6) is 0 Å². The Morgan fingerprint density at radius 1 is 1.45 bits per heavy atom. The third-order valence-electron chi connectivity index (χ3n) is 2.03. The minimum Gasteiger partial charge on any atom is -0.369 e. The topological polar surface area (TPSA) is 63.4 Å². The van der Waals surface area contributed by atoms with Gasteiger partial charge in [-0.25, -0.2) is 0 Å². The van der Waals surface area contributed by atoms with Gasteiger partial charge in [0.1, 0.15) is 0 Å². The molecular weight excluding hydrogens is 144 g/mol. The first kappa shape index (κ1) is 8.04. The average molecular weight is 155 g/mol. The lowest BCUT2D eigenvalue weighted by Crippen LogP contribution is -2.37. The van der Waals surface area contributed by atoms with Gasteiger partial charge in [0.2, 0.25) is 5.91 Å². The number of carbonyl (C=O) groups is 1. The fourth-order valence-electron chi connectivity index (χ4n) is 1.26. The van der Waals surface area contributed by atoms with Crippen LogP contribution in [0, 0.1) is 5.92 Å². The van der Waals surface area contributed by atoms with Crippen molar-refractivity contribution in [3.05, 3.63) is 0 Å². The molecule has 0 aromatic rings. The third kappa shape index (κ3) is 1.93. The monoisotopic (exact) mass is 155 g/mol. The fourth-order valence-corrected chi connectivity index (χ4v) is 1.26. The summed E-state index contributed by atoms with van der Waals surface area (Å²) >= 11 is 0. The van der Waals surface area contributed by atoms with Gasteiger partial charge >= 0.3 is 6.41 Å². The van der Waals surface area contributed by atoms with Crippen molar-refractivity contribution in [1.82, 2.24) is 4.90 Å². The Hall–Kier alpha value is -1.06. The fraction of sp³-hybridized carbons (Fsp3) is 0.714. The lowest BCUT2D eigenvalue weighted by Gasteiger charge is -2.26. The number of likely N-dealkylation sites (tertiary alicyclic amines) is 1. The molecule has 1 heterocycles. The number of amides is 2. The van der Waals surface area contributed by atoms with Crippen LogP contribution in [0.15, 0.2) is 0 Å². The zero-order chi connectivity index (χ0) is 8.27. The molecule has 0 atom stereocenters. The molecule has 0 bridgehead atoms. The van der Waals surface area contributed by atoms with E-state index in [1.54, 1.807) is 11.3 Å². The predicted molar refractivity (Wildman–Crippen MR) is 39.2 cm³/mol. The van der Waals surface area contributed by atoms with Gasteiger partial charge in [0.15, 0.2) is 0 Å². The second-order valence-corrected chi connectivity index (χ2v) is 2.75. The first-order valence-corrected chi connectivity index (χ1v) is 3.66. The van der Waals surface area contributed by atoms with E-state index in [4.69, 9.17) is 5.73 Å². The molecule has 4 heteroatoms. The highest BCUT2D eigenvalue weighted by Gasteiger charge is 2.22. The molecular formula is C7H11N2O2. The molecule has 11 heavy (non-hydrogen) atoms. The zero-order valence-electron chi connectivity index (χ0n) is 6.25.